The summed E-state index contributed by atoms with van der Waals surface area (Å²) >= 11 is 6.03. The summed E-state index contributed by atoms with van der Waals surface area (Å²) in [4.78, 5) is 39.3. The van der Waals surface area contributed by atoms with Gasteiger partial charge in [-0.05, 0) is 18.2 Å². The third-order valence-electron chi connectivity index (χ3n) is 4.84. The number of hydrogen-bond acceptors (Lipinski definition) is 6. The predicted octanol–water partition coefficient (Wildman–Crippen LogP) is 2.18. The van der Waals surface area contributed by atoms with Gasteiger partial charge in [-0.3, -0.25) is 19.3 Å². The fraction of sp³-hybridized carbons (Fsp3) is 0.400. The number of aromatic nitrogens is 2. The molecule has 2 amide bonds. The van der Waals surface area contributed by atoms with Crippen molar-refractivity contribution in [2.24, 2.45) is 0 Å². The molecule has 0 saturated carbocycles. The van der Waals surface area contributed by atoms with Crippen molar-refractivity contribution in [2.75, 3.05) is 48.3 Å². The van der Waals surface area contributed by atoms with Crippen LogP contribution in [0.25, 0.3) is 0 Å². The molecule has 0 radical (unpaired) electrons. The highest BCUT2D eigenvalue weighted by atomic mass is 35.5. The Kier molecular flexibility index (Phi) is 7.59. The average Bonchev–Trinajstić information content (AvgIpc) is 2.71. The Labute approximate surface area is 192 Å². The summed E-state index contributed by atoms with van der Waals surface area (Å²) in [6.07, 6.45) is -3.43. The van der Waals surface area contributed by atoms with Crippen LogP contribution in [0.3, 0.4) is 0 Å². The molecule has 1 saturated heterocycles. The summed E-state index contributed by atoms with van der Waals surface area (Å²) in [5, 5.41) is 8.69. The van der Waals surface area contributed by atoms with Crippen molar-refractivity contribution < 1.29 is 22.8 Å². The number of piperazine rings is 1. The zero-order valence-electron chi connectivity index (χ0n) is 17.7. The standard InChI is InChI=1S/C20H22ClF3N6O3/c1-13(31)26-14-3-2-4-15(9-14)27-17(32)11-28-5-7-29(8-6-28)16-10-25-30(12-20(22,23)24)19(33)18(16)21/h2-4,9-10H,5-8,11-12H2,1H3,(H,26,31)(H,27,32). The lowest BCUT2D eigenvalue weighted by atomic mass is 10.2. The molecule has 1 fully saturated rings. The number of carbonyl (C=O) groups excluding carboxylic acids is 2. The Morgan fingerprint density at radius 1 is 1.12 bits per heavy atom. The van der Waals surface area contributed by atoms with E-state index in [9.17, 15) is 27.6 Å². The van der Waals surface area contributed by atoms with Gasteiger partial charge in [0.25, 0.3) is 5.56 Å². The Bertz CT molecular complexity index is 1080. The third-order valence-corrected chi connectivity index (χ3v) is 5.20. The van der Waals surface area contributed by atoms with Crippen LogP contribution in [-0.4, -0.2) is 65.4 Å². The summed E-state index contributed by atoms with van der Waals surface area (Å²) in [7, 11) is 0. The first-order chi connectivity index (χ1) is 15.5. The number of nitrogens with zero attached hydrogens (tertiary/aromatic N) is 4. The number of alkyl halides is 3. The maximum Gasteiger partial charge on any atom is 0.408 e. The van der Waals surface area contributed by atoms with Gasteiger partial charge < -0.3 is 15.5 Å². The minimum absolute atomic E-state index is 0.122. The summed E-state index contributed by atoms with van der Waals surface area (Å²) in [5.74, 6) is -0.456. The van der Waals surface area contributed by atoms with Crippen molar-refractivity contribution in [1.82, 2.24) is 14.7 Å². The Hall–Kier alpha value is -3.12. The second-order valence-electron chi connectivity index (χ2n) is 7.50. The van der Waals surface area contributed by atoms with Gasteiger partial charge in [0.05, 0.1) is 18.4 Å². The molecule has 2 heterocycles. The van der Waals surface area contributed by atoms with Crippen LogP contribution < -0.4 is 21.1 Å². The van der Waals surface area contributed by atoms with Gasteiger partial charge in [-0.25, -0.2) is 4.68 Å². The van der Waals surface area contributed by atoms with Crippen LogP contribution in [0.4, 0.5) is 30.2 Å². The first-order valence-electron chi connectivity index (χ1n) is 9.99. The summed E-state index contributed by atoms with van der Waals surface area (Å²) in [5.41, 5.74) is 0.368. The zero-order chi connectivity index (χ0) is 24.2. The second-order valence-corrected chi connectivity index (χ2v) is 7.87. The van der Waals surface area contributed by atoms with Crippen molar-refractivity contribution in [2.45, 2.75) is 19.6 Å². The van der Waals surface area contributed by atoms with Crippen molar-refractivity contribution in [3.8, 4) is 0 Å². The van der Waals surface area contributed by atoms with Gasteiger partial charge in [-0.1, -0.05) is 17.7 Å². The first-order valence-corrected chi connectivity index (χ1v) is 10.4. The Morgan fingerprint density at radius 2 is 1.76 bits per heavy atom. The summed E-state index contributed by atoms with van der Waals surface area (Å²) in [6, 6.07) is 6.77. The van der Waals surface area contributed by atoms with E-state index in [0.717, 1.165) is 6.20 Å². The highest BCUT2D eigenvalue weighted by molar-refractivity contribution is 6.33. The molecule has 0 bridgehead atoms. The fourth-order valence-corrected chi connectivity index (χ4v) is 3.65. The highest BCUT2D eigenvalue weighted by Crippen LogP contribution is 2.23. The van der Waals surface area contributed by atoms with Crippen molar-refractivity contribution in [1.29, 1.82) is 0 Å². The molecule has 1 aromatic heterocycles. The smallest absolute Gasteiger partial charge is 0.366 e. The number of benzene rings is 1. The van der Waals surface area contributed by atoms with Gasteiger partial charge in [0.1, 0.15) is 11.6 Å². The maximum absolute atomic E-state index is 12.6. The molecule has 33 heavy (non-hydrogen) atoms. The molecule has 0 aliphatic carbocycles. The minimum atomic E-state index is -4.58. The van der Waals surface area contributed by atoms with E-state index in [1.807, 2.05) is 4.90 Å². The van der Waals surface area contributed by atoms with Crippen molar-refractivity contribution in [3.05, 3.63) is 45.8 Å². The van der Waals surface area contributed by atoms with E-state index < -0.39 is 18.3 Å². The zero-order valence-corrected chi connectivity index (χ0v) is 18.4. The number of rotatable bonds is 6. The van der Waals surface area contributed by atoms with E-state index in [-0.39, 0.29) is 33.8 Å². The van der Waals surface area contributed by atoms with Crippen LogP contribution in [0.1, 0.15) is 6.92 Å². The quantitative estimate of drug-likeness (QED) is 0.649. The molecule has 0 atom stereocenters. The lowest BCUT2D eigenvalue weighted by molar-refractivity contribution is -0.143. The molecule has 9 nitrogen and oxygen atoms in total. The van der Waals surface area contributed by atoms with Crippen LogP contribution >= 0.6 is 11.6 Å². The largest absolute Gasteiger partial charge is 0.408 e. The number of halogens is 4. The van der Waals surface area contributed by atoms with E-state index in [2.05, 4.69) is 15.7 Å². The van der Waals surface area contributed by atoms with Crippen LogP contribution in [0, 0.1) is 0 Å². The van der Waals surface area contributed by atoms with Crippen LogP contribution in [0.15, 0.2) is 35.3 Å². The Morgan fingerprint density at radius 3 is 2.36 bits per heavy atom. The van der Waals surface area contributed by atoms with Crippen LogP contribution in [-0.2, 0) is 16.1 Å². The second kappa shape index (κ2) is 10.2. The van der Waals surface area contributed by atoms with E-state index in [4.69, 9.17) is 11.6 Å². The van der Waals surface area contributed by atoms with Gasteiger partial charge in [0.2, 0.25) is 11.8 Å². The van der Waals surface area contributed by atoms with E-state index in [1.165, 1.54) is 6.92 Å². The lowest BCUT2D eigenvalue weighted by Gasteiger charge is -2.35. The third kappa shape index (κ3) is 6.93. The Balaban J connectivity index is 1.55. The molecule has 2 aromatic rings. The SMILES string of the molecule is CC(=O)Nc1cccc(NC(=O)CN2CCN(c3cnn(CC(F)(F)F)c(=O)c3Cl)CC2)c1. The maximum atomic E-state index is 12.6. The van der Waals surface area contributed by atoms with Gasteiger partial charge in [0, 0.05) is 44.5 Å². The molecule has 2 N–H and O–H groups in total. The average molecular weight is 487 g/mol. The fourth-order valence-electron chi connectivity index (χ4n) is 3.39. The number of amides is 2. The van der Waals surface area contributed by atoms with Gasteiger partial charge in [-0.15, -0.1) is 0 Å². The highest BCUT2D eigenvalue weighted by Gasteiger charge is 2.30. The molecule has 1 aromatic carbocycles. The molecule has 178 valence electrons. The van der Waals surface area contributed by atoms with Crippen molar-refractivity contribution in [3.63, 3.8) is 0 Å². The number of anilines is 3. The van der Waals surface area contributed by atoms with E-state index in [0.29, 0.717) is 37.6 Å². The molecular formula is C20H22ClF3N6O3. The van der Waals surface area contributed by atoms with Gasteiger partial charge >= 0.3 is 6.18 Å². The van der Waals surface area contributed by atoms with Gasteiger partial charge in [0.15, 0.2) is 0 Å². The number of carbonyl (C=O) groups is 2. The monoisotopic (exact) mass is 486 g/mol. The normalized spacial score (nSPS) is 14.8. The summed E-state index contributed by atoms with van der Waals surface area (Å²) < 4.78 is 37.9. The lowest BCUT2D eigenvalue weighted by Crippen LogP contribution is -2.49. The molecule has 0 spiro atoms. The van der Waals surface area contributed by atoms with E-state index in [1.54, 1.807) is 29.2 Å². The minimum Gasteiger partial charge on any atom is -0.366 e. The van der Waals surface area contributed by atoms with Crippen LogP contribution in [0.2, 0.25) is 5.02 Å². The summed E-state index contributed by atoms with van der Waals surface area (Å²) in [6.45, 7) is 1.77. The molecular weight excluding hydrogens is 465 g/mol. The topological polar surface area (TPSA) is 99.6 Å². The molecule has 1 aliphatic rings. The number of nitrogens with one attached hydrogen (secondary N) is 2. The molecule has 0 unspecified atom stereocenters. The van der Waals surface area contributed by atoms with Crippen molar-refractivity contribution >= 4 is 40.5 Å². The molecule has 3 rings (SSSR count). The molecule has 1 aliphatic heterocycles. The van der Waals surface area contributed by atoms with E-state index >= 15 is 0 Å². The first kappa shape index (κ1) is 24.5. The molecule has 13 heteroatoms. The predicted molar refractivity (Wildman–Crippen MR) is 118 cm³/mol. The number of hydrogen-bond donors (Lipinski definition) is 2. The van der Waals surface area contributed by atoms with Crippen LogP contribution in [0.5, 0.6) is 0 Å². The van der Waals surface area contributed by atoms with Gasteiger partial charge in [-0.2, -0.15) is 18.3 Å².